The average molecular weight is 218 g/mol. The molecule has 0 radical (unpaired) electrons. The van der Waals surface area contributed by atoms with Gasteiger partial charge in [-0.15, -0.1) is 0 Å². The second-order valence-corrected chi connectivity index (χ2v) is 4.75. The van der Waals surface area contributed by atoms with Crippen molar-refractivity contribution in [2.75, 3.05) is 7.05 Å². The fourth-order valence-corrected chi connectivity index (χ4v) is 2.73. The summed E-state index contributed by atoms with van der Waals surface area (Å²) >= 11 is 0. The maximum absolute atomic E-state index is 4.55. The third kappa shape index (κ3) is 2.43. The van der Waals surface area contributed by atoms with E-state index >= 15 is 0 Å². The number of nitrogens with one attached hydrogen (secondary N) is 1. The summed E-state index contributed by atoms with van der Waals surface area (Å²) in [4.78, 5) is 4.55. The summed E-state index contributed by atoms with van der Waals surface area (Å²) in [7, 11) is 2.06. The van der Waals surface area contributed by atoms with Crippen molar-refractivity contribution in [3.8, 4) is 0 Å². The Morgan fingerprint density at radius 1 is 1.56 bits per heavy atom. The molecule has 0 fully saturated rings. The number of aryl methyl sites for hydroxylation is 1. The summed E-state index contributed by atoms with van der Waals surface area (Å²) in [5.41, 5.74) is 2.85. The lowest BCUT2D eigenvalue weighted by molar-refractivity contribution is 0.456. The van der Waals surface area contributed by atoms with Gasteiger partial charge in [0.15, 0.2) is 0 Å². The maximum atomic E-state index is 4.55. The van der Waals surface area contributed by atoms with E-state index in [9.17, 15) is 0 Å². The molecule has 2 heteroatoms. The molecule has 0 saturated carbocycles. The first-order valence-corrected chi connectivity index (χ1v) is 6.46. The minimum absolute atomic E-state index is 0.674. The van der Waals surface area contributed by atoms with Crippen LogP contribution in [0.5, 0.6) is 0 Å². The average Bonchev–Trinajstić information content (AvgIpc) is 2.74. The summed E-state index contributed by atoms with van der Waals surface area (Å²) < 4.78 is 0. The number of hydrogen-bond donors (Lipinski definition) is 1. The van der Waals surface area contributed by atoms with Gasteiger partial charge in [-0.05, 0) is 50.8 Å². The zero-order chi connectivity index (χ0) is 11.4. The molecule has 88 valence electrons. The highest BCUT2D eigenvalue weighted by molar-refractivity contribution is 5.28. The van der Waals surface area contributed by atoms with Gasteiger partial charge in [-0.2, -0.15) is 0 Å². The molecule has 1 aliphatic carbocycles. The van der Waals surface area contributed by atoms with Crippen molar-refractivity contribution in [3.05, 3.63) is 29.6 Å². The van der Waals surface area contributed by atoms with Crippen LogP contribution in [-0.4, -0.2) is 18.1 Å². The van der Waals surface area contributed by atoms with Crippen LogP contribution < -0.4 is 5.32 Å². The molecule has 0 aromatic carbocycles. The number of pyridine rings is 1. The molecule has 2 rings (SSSR count). The highest BCUT2D eigenvalue weighted by Gasteiger charge is 2.23. The molecule has 0 aliphatic heterocycles. The van der Waals surface area contributed by atoms with Crippen LogP contribution >= 0.6 is 0 Å². The summed E-state index contributed by atoms with van der Waals surface area (Å²) in [6, 6.07) is 4.97. The van der Waals surface area contributed by atoms with Crippen molar-refractivity contribution in [2.45, 2.75) is 51.0 Å². The number of hydrogen-bond acceptors (Lipinski definition) is 2. The van der Waals surface area contributed by atoms with Gasteiger partial charge >= 0.3 is 0 Å². The SMILES string of the molecule is CCC(CCC1CCc2cccnc21)NC. The van der Waals surface area contributed by atoms with Crippen LogP contribution in [0.25, 0.3) is 0 Å². The van der Waals surface area contributed by atoms with E-state index in [1.54, 1.807) is 0 Å². The Bertz CT molecular complexity index is 331. The quantitative estimate of drug-likeness (QED) is 0.822. The molecule has 16 heavy (non-hydrogen) atoms. The molecule has 0 bridgehead atoms. The highest BCUT2D eigenvalue weighted by Crippen LogP contribution is 2.34. The van der Waals surface area contributed by atoms with Gasteiger partial charge in [0.1, 0.15) is 0 Å². The Labute approximate surface area is 98.5 Å². The van der Waals surface area contributed by atoms with E-state index in [1.165, 1.54) is 43.4 Å². The van der Waals surface area contributed by atoms with Crippen molar-refractivity contribution < 1.29 is 0 Å². The Morgan fingerprint density at radius 2 is 2.44 bits per heavy atom. The lowest BCUT2D eigenvalue weighted by Gasteiger charge is -2.16. The van der Waals surface area contributed by atoms with E-state index in [1.807, 2.05) is 6.20 Å². The molecule has 1 aliphatic rings. The summed E-state index contributed by atoms with van der Waals surface area (Å²) in [6.45, 7) is 2.25. The van der Waals surface area contributed by atoms with E-state index in [-0.39, 0.29) is 0 Å². The van der Waals surface area contributed by atoms with Crippen molar-refractivity contribution in [3.63, 3.8) is 0 Å². The van der Waals surface area contributed by atoms with Crippen molar-refractivity contribution in [2.24, 2.45) is 0 Å². The molecule has 1 N–H and O–H groups in total. The van der Waals surface area contributed by atoms with Crippen LogP contribution in [-0.2, 0) is 6.42 Å². The van der Waals surface area contributed by atoms with Gasteiger partial charge in [-0.25, -0.2) is 0 Å². The van der Waals surface area contributed by atoms with Crippen LogP contribution in [0, 0.1) is 0 Å². The van der Waals surface area contributed by atoms with Crippen LogP contribution in [0.3, 0.4) is 0 Å². The Balaban J connectivity index is 1.93. The normalized spacial score (nSPS) is 20.8. The van der Waals surface area contributed by atoms with Crippen molar-refractivity contribution in [1.29, 1.82) is 0 Å². The third-order valence-electron chi connectivity index (χ3n) is 3.84. The number of rotatable bonds is 5. The number of nitrogens with zero attached hydrogens (tertiary/aromatic N) is 1. The second kappa shape index (κ2) is 5.44. The van der Waals surface area contributed by atoms with Crippen LogP contribution in [0.4, 0.5) is 0 Å². The molecule has 1 aromatic heterocycles. The second-order valence-electron chi connectivity index (χ2n) is 4.75. The van der Waals surface area contributed by atoms with Gasteiger partial charge in [0.05, 0.1) is 0 Å². The minimum Gasteiger partial charge on any atom is -0.317 e. The lowest BCUT2D eigenvalue weighted by Crippen LogP contribution is -2.24. The standard InChI is InChI=1S/C14H22N2/c1-3-13(15-2)9-8-12-7-6-11-5-4-10-16-14(11)12/h4-5,10,12-13,15H,3,6-9H2,1-2H3. The van der Waals surface area contributed by atoms with Gasteiger partial charge in [0.2, 0.25) is 0 Å². The first-order valence-electron chi connectivity index (χ1n) is 6.46. The molecule has 1 heterocycles. The van der Waals surface area contributed by atoms with E-state index in [0.29, 0.717) is 12.0 Å². The largest absolute Gasteiger partial charge is 0.317 e. The van der Waals surface area contributed by atoms with Crippen LogP contribution in [0.2, 0.25) is 0 Å². The molecule has 1 aromatic rings. The summed E-state index contributed by atoms with van der Waals surface area (Å²) in [6.07, 6.45) is 8.23. The monoisotopic (exact) mass is 218 g/mol. The van der Waals surface area contributed by atoms with E-state index in [4.69, 9.17) is 0 Å². The molecule has 0 saturated heterocycles. The molecular formula is C14H22N2. The highest BCUT2D eigenvalue weighted by atomic mass is 14.9. The molecule has 2 atom stereocenters. The third-order valence-corrected chi connectivity index (χ3v) is 3.84. The lowest BCUT2D eigenvalue weighted by atomic mass is 9.96. The van der Waals surface area contributed by atoms with Gasteiger partial charge < -0.3 is 5.32 Å². The topological polar surface area (TPSA) is 24.9 Å². The fraction of sp³-hybridized carbons (Fsp3) is 0.643. The first-order chi connectivity index (χ1) is 7.85. The maximum Gasteiger partial charge on any atom is 0.0466 e. The van der Waals surface area contributed by atoms with Gasteiger partial charge in [0.25, 0.3) is 0 Å². The predicted octanol–water partition coefficient (Wildman–Crippen LogP) is 2.89. The van der Waals surface area contributed by atoms with Gasteiger partial charge in [-0.3, -0.25) is 4.98 Å². The summed E-state index contributed by atoms with van der Waals surface area (Å²) in [5.74, 6) is 0.707. The molecule has 2 nitrogen and oxygen atoms in total. The molecule has 0 amide bonds. The smallest absolute Gasteiger partial charge is 0.0466 e. The minimum atomic E-state index is 0.674. The summed E-state index contributed by atoms with van der Waals surface area (Å²) in [5, 5.41) is 3.38. The predicted molar refractivity (Wildman–Crippen MR) is 67.7 cm³/mol. The van der Waals surface area contributed by atoms with Crippen LogP contribution in [0.1, 0.15) is 49.8 Å². The zero-order valence-electron chi connectivity index (χ0n) is 10.4. The van der Waals surface area contributed by atoms with E-state index in [2.05, 4.69) is 36.4 Å². The van der Waals surface area contributed by atoms with Gasteiger partial charge in [-0.1, -0.05) is 13.0 Å². The first kappa shape index (κ1) is 11.6. The van der Waals surface area contributed by atoms with Crippen molar-refractivity contribution >= 4 is 0 Å². The van der Waals surface area contributed by atoms with Crippen molar-refractivity contribution in [1.82, 2.24) is 10.3 Å². The molecule has 0 spiro atoms. The Morgan fingerprint density at radius 3 is 3.19 bits per heavy atom. The zero-order valence-corrected chi connectivity index (χ0v) is 10.4. The van der Waals surface area contributed by atoms with Gasteiger partial charge in [0, 0.05) is 23.9 Å². The fourth-order valence-electron chi connectivity index (χ4n) is 2.73. The Hall–Kier alpha value is -0.890. The molecular weight excluding hydrogens is 196 g/mol. The van der Waals surface area contributed by atoms with E-state index < -0.39 is 0 Å². The van der Waals surface area contributed by atoms with E-state index in [0.717, 1.165) is 0 Å². The number of aromatic nitrogens is 1. The van der Waals surface area contributed by atoms with Crippen LogP contribution in [0.15, 0.2) is 18.3 Å². The molecule has 2 unspecified atom stereocenters. The Kier molecular flexibility index (Phi) is 3.94. The number of fused-ring (bicyclic) bond motifs is 1.